The van der Waals surface area contributed by atoms with Crippen LogP contribution in [0, 0.1) is 0 Å². The van der Waals surface area contributed by atoms with Crippen LogP contribution in [0.25, 0.3) is 12.2 Å². The predicted molar refractivity (Wildman–Crippen MR) is 139 cm³/mol. The van der Waals surface area contributed by atoms with Crippen LogP contribution in [0.1, 0.15) is 37.0 Å². The molecule has 0 amide bonds. The average molecular weight is 505 g/mol. The summed E-state index contributed by atoms with van der Waals surface area (Å²) in [7, 11) is 1.42. The lowest BCUT2D eigenvalue weighted by Gasteiger charge is -2.09. The number of ketones is 2. The Hall–Kier alpha value is -4.56. The first-order valence-corrected chi connectivity index (χ1v) is 11.1. The van der Waals surface area contributed by atoms with E-state index in [1.165, 1.54) is 57.4 Å². The molecule has 0 saturated heterocycles. The zero-order valence-corrected chi connectivity index (χ0v) is 20.9. The first kappa shape index (κ1) is 28.7. The highest BCUT2D eigenvalue weighted by Gasteiger charge is 2.12. The lowest BCUT2D eigenvalue weighted by Crippen LogP contribution is -2.09. The van der Waals surface area contributed by atoms with Gasteiger partial charge in [0.15, 0.2) is 23.1 Å². The van der Waals surface area contributed by atoms with Gasteiger partial charge in [0.1, 0.15) is 5.75 Å². The maximum Gasteiger partial charge on any atom is 0.338 e. The van der Waals surface area contributed by atoms with Crippen molar-refractivity contribution in [2.45, 2.75) is 26.9 Å². The van der Waals surface area contributed by atoms with E-state index in [4.69, 9.17) is 14.2 Å². The van der Waals surface area contributed by atoms with E-state index in [0.29, 0.717) is 22.4 Å². The normalized spacial score (nSPS) is 10.8. The third-order valence-electron chi connectivity index (χ3n) is 4.82. The Morgan fingerprint density at radius 1 is 0.784 bits per heavy atom. The summed E-state index contributed by atoms with van der Waals surface area (Å²) < 4.78 is 15.6. The third-order valence-corrected chi connectivity index (χ3v) is 4.82. The molecule has 2 aromatic carbocycles. The molecule has 1 N–H and O–H groups in total. The van der Waals surface area contributed by atoms with Crippen LogP contribution in [0.5, 0.6) is 17.2 Å². The molecule has 2 rings (SSSR count). The van der Waals surface area contributed by atoms with Crippen LogP contribution in [0.15, 0.2) is 72.9 Å². The Balaban J connectivity index is 2.01. The zero-order chi connectivity index (χ0) is 27.5. The summed E-state index contributed by atoms with van der Waals surface area (Å²) in [6.45, 7) is 9.70. The van der Waals surface area contributed by atoms with Gasteiger partial charge in [-0.05, 0) is 61.4 Å². The molecule has 0 saturated carbocycles. The van der Waals surface area contributed by atoms with E-state index >= 15 is 0 Å². The molecule has 0 unspecified atom stereocenters. The van der Waals surface area contributed by atoms with Gasteiger partial charge < -0.3 is 19.3 Å². The molecule has 0 bridgehead atoms. The number of aliphatic hydroxyl groups is 1. The molecule has 0 heterocycles. The highest BCUT2D eigenvalue weighted by atomic mass is 16.6. The Labute approximate surface area is 215 Å². The summed E-state index contributed by atoms with van der Waals surface area (Å²) in [5.74, 6) is -1.32. The molecule has 37 heavy (non-hydrogen) atoms. The Kier molecular flexibility index (Phi) is 10.5. The van der Waals surface area contributed by atoms with Crippen LogP contribution in [-0.4, -0.2) is 35.7 Å². The number of ether oxygens (including phenoxy) is 3. The van der Waals surface area contributed by atoms with Crippen LogP contribution in [-0.2, 0) is 25.8 Å². The summed E-state index contributed by atoms with van der Waals surface area (Å²) in [5.41, 5.74) is 2.00. The number of carbonyl (C=O) groups is 4. The minimum atomic E-state index is -0.611. The second-order valence-electron chi connectivity index (χ2n) is 8.05. The summed E-state index contributed by atoms with van der Waals surface area (Å²) in [6, 6.07) is 9.42. The molecule has 2 aromatic rings. The van der Waals surface area contributed by atoms with Crippen molar-refractivity contribution < 1.29 is 38.5 Å². The van der Waals surface area contributed by atoms with Gasteiger partial charge in [-0.2, -0.15) is 0 Å². The van der Waals surface area contributed by atoms with Gasteiger partial charge in [-0.3, -0.25) is 9.59 Å². The van der Waals surface area contributed by atoms with E-state index in [0.717, 1.165) is 0 Å². The van der Waals surface area contributed by atoms with Crippen molar-refractivity contribution in [3.8, 4) is 17.2 Å². The van der Waals surface area contributed by atoms with E-state index < -0.39 is 23.5 Å². The SMILES string of the molecule is C=C(C)C(=O)Oc1ccc(/C=C/C(=O)CC(=O)/C=C/c2ccc(OC(=O)C(=C)C)c(OC)c2)cc1CO. The Morgan fingerprint density at radius 3 is 1.76 bits per heavy atom. The van der Waals surface area contributed by atoms with Gasteiger partial charge in [-0.1, -0.05) is 37.4 Å². The Bertz CT molecular complexity index is 1200. The van der Waals surface area contributed by atoms with Crippen molar-refractivity contribution in [2.75, 3.05) is 7.11 Å². The average Bonchev–Trinajstić information content (AvgIpc) is 2.87. The standard InChI is InChI=1S/C29H28O8/c1-18(2)28(33)36-25-12-8-20(14-22(25)17-30)6-10-23(31)16-24(32)11-7-21-9-13-26(27(15-21)35-5)37-29(34)19(3)4/h6-15,30H,1,3,16-17H2,2,4-5H3/b10-6+,11-7+. The minimum Gasteiger partial charge on any atom is -0.493 e. The summed E-state index contributed by atoms with van der Waals surface area (Å²) >= 11 is 0. The van der Waals surface area contributed by atoms with E-state index in [1.54, 1.807) is 24.3 Å². The van der Waals surface area contributed by atoms with E-state index in [2.05, 4.69) is 13.2 Å². The van der Waals surface area contributed by atoms with Crippen LogP contribution < -0.4 is 14.2 Å². The molecule has 0 spiro atoms. The number of aliphatic hydroxyl groups excluding tert-OH is 1. The largest absolute Gasteiger partial charge is 0.493 e. The van der Waals surface area contributed by atoms with E-state index in [9.17, 15) is 24.3 Å². The maximum absolute atomic E-state index is 12.2. The van der Waals surface area contributed by atoms with Crippen LogP contribution in [0.4, 0.5) is 0 Å². The van der Waals surface area contributed by atoms with Crippen molar-refractivity contribution in [3.63, 3.8) is 0 Å². The summed E-state index contributed by atoms with van der Waals surface area (Å²) in [5, 5.41) is 9.56. The molecule has 0 aliphatic carbocycles. The number of esters is 2. The lowest BCUT2D eigenvalue weighted by atomic mass is 10.1. The van der Waals surface area contributed by atoms with Gasteiger partial charge in [0, 0.05) is 16.7 Å². The van der Waals surface area contributed by atoms with Gasteiger partial charge in [0.2, 0.25) is 0 Å². The van der Waals surface area contributed by atoms with Gasteiger partial charge in [0.05, 0.1) is 20.1 Å². The van der Waals surface area contributed by atoms with Crippen LogP contribution >= 0.6 is 0 Å². The van der Waals surface area contributed by atoms with Crippen molar-refractivity contribution in [1.82, 2.24) is 0 Å². The number of benzene rings is 2. The maximum atomic E-state index is 12.2. The lowest BCUT2D eigenvalue weighted by molar-refractivity contribution is -0.131. The minimum absolute atomic E-state index is 0.193. The number of methoxy groups -OCH3 is 1. The smallest absolute Gasteiger partial charge is 0.338 e. The number of hydrogen-bond acceptors (Lipinski definition) is 8. The number of hydrogen-bond donors (Lipinski definition) is 1. The fourth-order valence-electron chi connectivity index (χ4n) is 2.84. The number of carbonyl (C=O) groups excluding carboxylic acids is 4. The number of allylic oxidation sites excluding steroid dienone is 2. The highest BCUT2D eigenvalue weighted by molar-refractivity contribution is 6.10. The quantitative estimate of drug-likeness (QED) is 0.196. The van der Waals surface area contributed by atoms with E-state index in [1.807, 2.05) is 0 Å². The molecule has 192 valence electrons. The second-order valence-corrected chi connectivity index (χ2v) is 8.05. The summed E-state index contributed by atoms with van der Waals surface area (Å²) in [4.78, 5) is 47.9. The predicted octanol–water partition coefficient (Wildman–Crippen LogP) is 4.41. The molecule has 8 nitrogen and oxygen atoms in total. The highest BCUT2D eigenvalue weighted by Crippen LogP contribution is 2.29. The fraction of sp³-hybridized carbons (Fsp3) is 0.172. The van der Waals surface area contributed by atoms with Gasteiger partial charge >= 0.3 is 11.9 Å². The molecule has 0 aromatic heterocycles. The fourth-order valence-corrected chi connectivity index (χ4v) is 2.84. The molecule has 0 aliphatic heterocycles. The second kappa shape index (κ2) is 13.5. The van der Waals surface area contributed by atoms with Crippen molar-refractivity contribution in [1.29, 1.82) is 0 Å². The van der Waals surface area contributed by atoms with Crippen molar-refractivity contribution in [2.24, 2.45) is 0 Å². The topological polar surface area (TPSA) is 116 Å². The third kappa shape index (κ3) is 8.87. The molecule has 0 radical (unpaired) electrons. The molecule has 0 atom stereocenters. The first-order chi connectivity index (χ1) is 17.5. The molecule has 0 fully saturated rings. The Morgan fingerprint density at radius 2 is 1.27 bits per heavy atom. The number of rotatable bonds is 12. The van der Waals surface area contributed by atoms with Gasteiger partial charge in [0.25, 0.3) is 0 Å². The van der Waals surface area contributed by atoms with E-state index in [-0.39, 0.29) is 35.7 Å². The van der Waals surface area contributed by atoms with Gasteiger partial charge in [-0.15, -0.1) is 0 Å². The van der Waals surface area contributed by atoms with Gasteiger partial charge in [-0.25, -0.2) is 9.59 Å². The van der Waals surface area contributed by atoms with Crippen molar-refractivity contribution in [3.05, 3.63) is 89.5 Å². The molecule has 0 aliphatic rings. The van der Waals surface area contributed by atoms with Crippen molar-refractivity contribution >= 4 is 35.7 Å². The first-order valence-electron chi connectivity index (χ1n) is 11.1. The van der Waals surface area contributed by atoms with Crippen LogP contribution in [0.2, 0.25) is 0 Å². The molecule has 8 heteroatoms. The zero-order valence-electron chi connectivity index (χ0n) is 20.9. The van der Waals surface area contributed by atoms with Crippen LogP contribution in [0.3, 0.4) is 0 Å². The monoisotopic (exact) mass is 504 g/mol. The molecular weight excluding hydrogens is 476 g/mol. The molecular formula is C29H28O8. The summed E-state index contributed by atoms with van der Waals surface area (Å²) in [6.07, 6.45) is 5.20.